The molecule has 2 aromatic rings. The van der Waals surface area contributed by atoms with Gasteiger partial charge in [-0.3, -0.25) is 9.59 Å². The first-order valence-electron chi connectivity index (χ1n) is 6.22. The Balaban J connectivity index is 2.23. The van der Waals surface area contributed by atoms with Crippen molar-refractivity contribution in [1.82, 2.24) is 4.98 Å². The lowest BCUT2D eigenvalue weighted by Crippen LogP contribution is -2.31. The molecule has 2 N–H and O–H groups in total. The van der Waals surface area contributed by atoms with Crippen molar-refractivity contribution in [2.45, 2.75) is 13.8 Å². The third-order valence-corrected chi connectivity index (χ3v) is 3.48. The van der Waals surface area contributed by atoms with Gasteiger partial charge in [0.05, 0.1) is 16.8 Å². The third-order valence-electron chi connectivity index (χ3n) is 3.48. The van der Waals surface area contributed by atoms with Gasteiger partial charge in [0, 0.05) is 6.20 Å². The maximum Gasteiger partial charge on any atom is 0.267 e. The number of rotatable bonds is 1. The molecule has 2 amide bonds. The van der Waals surface area contributed by atoms with Crippen LogP contribution < -0.4 is 10.6 Å². The molecular formula is C15H13N3O2. The minimum absolute atomic E-state index is 0.192. The Labute approximate surface area is 116 Å². The minimum Gasteiger partial charge on any atom is -0.396 e. The molecule has 100 valence electrons. The molecule has 3 rings (SSSR count). The fraction of sp³-hybridized carbons (Fsp3) is 0.133. The molecule has 0 saturated heterocycles. The Morgan fingerprint density at radius 1 is 1.00 bits per heavy atom. The number of fused-ring (bicyclic) bond motifs is 1. The topological polar surface area (TPSA) is 76.3 Å². The lowest BCUT2D eigenvalue weighted by Gasteiger charge is -2.14. The number of carbonyl (C=O) groups is 2. The highest BCUT2D eigenvalue weighted by molar-refractivity contribution is 6.35. The quantitative estimate of drug-likeness (QED) is 0.802. The van der Waals surface area contributed by atoms with Gasteiger partial charge in [0.25, 0.3) is 11.8 Å². The molecule has 20 heavy (non-hydrogen) atoms. The summed E-state index contributed by atoms with van der Waals surface area (Å²) in [6.45, 7) is 3.63. The van der Waals surface area contributed by atoms with Crippen molar-refractivity contribution in [3.8, 4) is 0 Å². The Morgan fingerprint density at radius 3 is 2.05 bits per heavy atom. The van der Waals surface area contributed by atoms with Gasteiger partial charge < -0.3 is 5.73 Å². The molecular weight excluding hydrogens is 254 g/mol. The fourth-order valence-corrected chi connectivity index (χ4v) is 2.47. The van der Waals surface area contributed by atoms with Crippen LogP contribution in [0.3, 0.4) is 0 Å². The van der Waals surface area contributed by atoms with Crippen LogP contribution in [-0.4, -0.2) is 16.8 Å². The molecule has 0 fully saturated rings. The van der Waals surface area contributed by atoms with Crippen LogP contribution in [0.4, 0.5) is 11.5 Å². The van der Waals surface area contributed by atoms with Crippen molar-refractivity contribution in [2.75, 3.05) is 10.6 Å². The van der Waals surface area contributed by atoms with Crippen LogP contribution in [0, 0.1) is 13.8 Å². The standard InChI is InChI=1S/C15H13N3O2/c1-8-5-6-9(2)12-11(8)14(19)18(15(12)20)13-10(16)4-3-7-17-13/h3-7H,16H2,1-2H3. The smallest absolute Gasteiger partial charge is 0.267 e. The second kappa shape index (κ2) is 4.16. The van der Waals surface area contributed by atoms with Crippen LogP contribution in [0.25, 0.3) is 0 Å². The lowest BCUT2D eigenvalue weighted by atomic mass is 9.99. The minimum atomic E-state index is -0.364. The maximum atomic E-state index is 12.5. The molecule has 0 radical (unpaired) electrons. The van der Waals surface area contributed by atoms with Gasteiger partial charge in [0.1, 0.15) is 0 Å². The number of aryl methyl sites for hydroxylation is 2. The fourth-order valence-electron chi connectivity index (χ4n) is 2.47. The van der Waals surface area contributed by atoms with E-state index >= 15 is 0 Å². The average molecular weight is 267 g/mol. The molecule has 1 aromatic carbocycles. The third kappa shape index (κ3) is 1.53. The van der Waals surface area contributed by atoms with E-state index in [1.807, 2.05) is 26.0 Å². The number of pyridine rings is 1. The van der Waals surface area contributed by atoms with Gasteiger partial charge >= 0.3 is 0 Å². The summed E-state index contributed by atoms with van der Waals surface area (Å²) >= 11 is 0. The normalized spacial score (nSPS) is 13.8. The van der Waals surface area contributed by atoms with Gasteiger partial charge in [0.15, 0.2) is 5.82 Å². The molecule has 0 saturated carbocycles. The van der Waals surface area contributed by atoms with Crippen molar-refractivity contribution < 1.29 is 9.59 Å². The summed E-state index contributed by atoms with van der Waals surface area (Å²) in [7, 11) is 0. The van der Waals surface area contributed by atoms with Gasteiger partial charge in [0.2, 0.25) is 0 Å². The van der Waals surface area contributed by atoms with Gasteiger partial charge in [-0.15, -0.1) is 0 Å². The SMILES string of the molecule is Cc1ccc(C)c2c1C(=O)N(c1ncccc1N)C2=O. The van der Waals surface area contributed by atoms with Crippen molar-refractivity contribution in [1.29, 1.82) is 0 Å². The molecule has 5 nitrogen and oxygen atoms in total. The van der Waals surface area contributed by atoms with E-state index in [0.29, 0.717) is 16.8 Å². The number of benzene rings is 1. The van der Waals surface area contributed by atoms with E-state index < -0.39 is 0 Å². The number of hydrogen-bond donors (Lipinski definition) is 1. The van der Waals surface area contributed by atoms with Crippen LogP contribution in [0.2, 0.25) is 0 Å². The van der Waals surface area contributed by atoms with Crippen LogP contribution in [0.1, 0.15) is 31.8 Å². The van der Waals surface area contributed by atoms with Gasteiger partial charge in [-0.05, 0) is 37.1 Å². The molecule has 1 aliphatic rings. The Bertz CT molecular complexity index is 712. The zero-order valence-electron chi connectivity index (χ0n) is 11.2. The first-order valence-corrected chi connectivity index (χ1v) is 6.22. The predicted octanol–water partition coefficient (Wildman–Crippen LogP) is 2.08. The number of nitrogens with zero attached hydrogens (tertiary/aromatic N) is 2. The largest absolute Gasteiger partial charge is 0.396 e. The monoisotopic (exact) mass is 267 g/mol. The van der Waals surface area contributed by atoms with Gasteiger partial charge in [-0.25, -0.2) is 9.88 Å². The maximum absolute atomic E-state index is 12.5. The summed E-state index contributed by atoms with van der Waals surface area (Å²) in [6.07, 6.45) is 1.51. The number of anilines is 2. The molecule has 1 aromatic heterocycles. The first-order chi connectivity index (χ1) is 9.52. The molecule has 0 spiro atoms. The summed E-state index contributed by atoms with van der Waals surface area (Å²) in [5.41, 5.74) is 8.58. The number of carbonyl (C=O) groups excluding carboxylic acids is 2. The average Bonchev–Trinajstić information content (AvgIpc) is 2.68. The first kappa shape index (κ1) is 12.3. The second-order valence-electron chi connectivity index (χ2n) is 4.81. The number of aromatic nitrogens is 1. The summed E-state index contributed by atoms with van der Waals surface area (Å²) in [6, 6.07) is 6.95. The van der Waals surface area contributed by atoms with Crippen molar-refractivity contribution in [2.24, 2.45) is 0 Å². The molecule has 0 aliphatic carbocycles. The second-order valence-corrected chi connectivity index (χ2v) is 4.81. The number of hydrogen-bond acceptors (Lipinski definition) is 4. The highest BCUT2D eigenvalue weighted by Crippen LogP contribution is 2.33. The van der Waals surface area contributed by atoms with E-state index in [1.54, 1.807) is 12.1 Å². The van der Waals surface area contributed by atoms with Crippen molar-refractivity contribution in [3.63, 3.8) is 0 Å². The van der Waals surface area contributed by atoms with E-state index in [0.717, 1.165) is 16.0 Å². The van der Waals surface area contributed by atoms with Gasteiger partial charge in [-0.1, -0.05) is 12.1 Å². The van der Waals surface area contributed by atoms with Crippen molar-refractivity contribution >= 4 is 23.3 Å². The molecule has 0 unspecified atom stereocenters. The molecule has 0 atom stereocenters. The van der Waals surface area contributed by atoms with Crippen LogP contribution >= 0.6 is 0 Å². The number of nitrogens with two attached hydrogens (primary N) is 1. The van der Waals surface area contributed by atoms with E-state index in [-0.39, 0.29) is 17.6 Å². The number of imide groups is 1. The van der Waals surface area contributed by atoms with Crippen LogP contribution in [0.5, 0.6) is 0 Å². The number of amides is 2. The van der Waals surface area contributed by atoms with E-state index in [4.69, 9.17) is 5.73 Å². The molecule has 2 heterocycles. The highest BCUT2D eigenvalue weighted by atomic mass is 16.2. The molecule has 0 bridgehead atoms. The predicted molar refractivity (Wildman–Crippen MR) is 75.7 cm³/mol. The van der Waals surface area contributed by atoms with Gasteiger partial charge in [-0.2, -0.15) is 0 Å². The molecule has 5 heteroatoms. The van der Waals surface area contributed by atoms with E-state index in [2.05, 4.69) is 4.98 Å². The Hall–Kier alpha value is -2.69. The van der Waals surface area contributed by atoms with Crippen LogP contribution in [-0.2, 0) is 0 Å². The summed E-state index contributed by atoms with van der Waals surface area (Å²) < 4.78 is 0. The Kier molecular flexibility index (Phi) is 2.57. The summed E-state index contributed by atoms with van der Waals surface area (Å²) in [5.74, 6) is -0.536. The van der Waals surface area contributed by atoms with Crippen LogP contribution in [0.15, 0.2) is 30.5 Å². The number of nitrogen functional groups attached to an aromatic ring is 1. The zero-order chi connectivity index (χ0) is 14.4. The lowest BCUT2D eigenvalue weighted by molar-refractivity contribution is 0.0925. The van der Waals surface area contributed by atoms with E-state index in [9.17, 15) is 9.59 Å². The molecule has 1 aliphatic heterocycles. The summed E-state index contributed by atoms with van der Waals surface area (Å²) in [5, 5.41) is 0. The Morgan fingerprint density at radius 2 is 1.55 bits per heavy atom. The summed E-state index contributed by atoms with van der Waals surface area (Å²) in [4.78, 5) is 30.2. The highest BCUT2D eigenvalue weighted by Gasteiger charge is 2.40. The van der Waals surface area contributed by atoms with Crippen molar-refractivity contribution in [3.05, 3.63) is 52.7 Å². The van der Waals surface area contributed by atoms with E-state index in [1.165, 1.54) is 6.20 Å². The zero-order valence-corrected chi connectivity index (χ0v) is 11.2.